The fraction of sp³-hybridized carbons (Fsp3) is 0.0769. The highest BCUT2D eigenvalue weighted by atomic mass is 16.5. The molecular weight excluding hydrogens is 470 g/mol. The number of carbonyl (C=O) groups excluding carboxylic acids is 1. The van der Waals surface area contributed by atoms with Crippen LogP contribution < -0.4 is 15.8 Å². The minimum atomic E-state index is -0.249. The molecule has 11 heteroatoms. The molecule has 4 aromatic heterocycles. The van der Waals surface area contributed by atoms with Gasteiger partial charge in [0.2, 0.25) is 0 Å². The fourth-order valence-electron chi connectivity index (χ4n) is 4.38. The first kappa shape index (κ1) is 22.2. The maximum Gasteiger partial charge on any atom is 0.272 e. The van der Waals surface area contributed by atoms with Crippen LogP contribution in [-0.2, 0) is 7.05 Å². The second kappa shape index (κ2) is 8.72. The Morgan fingerprint density at radius 2 is 1.89 bits per heavy atom. The molecule has 0 atom stereocenters. The molecular formula is C26H21N9O2. The predicted octanol–water partition coefficient (Wildman–Crippen LogP) is 3.61. The first-order chi connectivity index (χ1) is 18.0. The van der Waals surface area contributed by atoms with E-state index in [0.29, 0.717) is 45.2 Å². The molecule has 0 aliphatic heterocycles. The van der Waals surface area contributed by atoms with Crippen molar-refractivity contribution in [2.45, 2.75) is 0 Å². The summed E-state index contributed by atoms with van der Waals surface area (Å²) in [6.07, 6.45) is 4.44. The number of fused-ring (bicyclic) bond motifs is 2. The molecule has 3 N–H and O–H groups in total. The molecule has 0 radical (unpaired) electrons. The SMILES string of the molecule is COc1cc(-c2nn(-c3ccncn3)c3ncnc(N)c23)ccc1NC(=O)c1cc2ccccc2n1C. The third kappa shape index (κ3) is 3.69. The normalized spacial score (nSPS) is 11.2. The molecule has 0 aliphatic carbocycles. The first-order valence-electron chi connectivity index (χ1n) is 11.3. The lowest BCUT2D eigenvalue weighted by atomic mass is 10.1. The lowest BCUT2D eigenvalue weighted by molar-refractivity contribution is 0.101. The Morgan fingerprint density at radius 3 is 2.68 bits per heavy atom. The van der Waals surface area contributed by atoms with Gasteiger partial charge in [0.1, 0.15) is 35.6 Å². The maximum atomic E-state index is 13.2. The Bertz CT molecular complexity index is 1790. The Hall–Kier alpha value is -5.32. The lowest BCUT2D eigenvalue weighted by Gasteiger charge is -2.12. The standard InChI is InChI=1S/C26H21N9O2/c1-34-18-6-4-3-5-15(18)11-19(34)26(36)32-17-8-7-16(12-20(17)37-2)23-22-24(27)30-14-31-25(22)35(33-23)21-9-10-28-13-29-21/h3-14H,1-2H3,(H,32,36)(H2,27,30,31). The number of rotatable bonds is 5. The number of aryl methyl sites for hydroxylation is 1. The smallest absolute Gasteiger partial charge is 0.272 e. The molecule has 0 unspecified atom stereocenters. The average Bonchev–Trinajstić information content (AvgIpc) is 3.49. The monoisotopic (exact) mass is 491 g/mol. The summed E-state index contributed by atoms with van der Waals surface area (Å²) >= 11 is 0. The molecule has 11 nitrogen and oxygen atoms in total. The van der Waals surface area contributed by atoms with Crippen LogP contribution in [-0.4, -0.2) is 47.3 Å². The summed E-state index contributed by atoms with van der Waals surface area (Å²) in [4.78, 5) is 29.9. The van der Waals surface area contributed by atoms with Crippen molar-refractivity contribution in [3.05, 3.63) is 79.1 Å². The van der Waals surface area contributed by atoms with Gasteiger partial charge in [-0.05, 0) is 24.3 Å². The highest BCUT2D eigenvalue weighted by Gasteiger charge is 2.21. The van der Waals surface area contributed by atoms with E-state index in [1.165, 1.54) is 12.7 Å². The van der Waals surface area contributed by atoms with Crippen molar-refractivity contribution in [1.29, 1.82) is 0 Å². The number of amides is 1. The van der Waals surface area contributed by atoms with Gasteiger partial charge in [0.05, 0.1) is 18.2 Å². The largest absolute Gasteiger partial charge is 0.495 e. The van der Waals surface area contributed by atoms with E-state index in [0.717, 1.165) is 10.9 Å². The molecule has 6 aromatic rings. The van der Waals surface area contributed by atoms with Crippen LogP contribution in [0.15, 0.2) is 73.4 Å². The van der Waals surface area contributed by atoms with Gasteiger partial charge in [-0.25, -0.2) is 19.9 Å². The van der Waals surface area contributed by atoms with E-state index in [1.807, 2.05) is 48.0 Å². The quantitative estimate of drug-likeness (QED) is 0.373. The van der Waals surface area contributed by atoms with E-state index in [-0.39, 0.29) is 11.7 Å². The van der Waals surface area contributed by atoms with Gasteiger partial charge >= 0.3 is 0 Å². The molecule has 4 heterocycles. The van der Waals surface area contributed by atoms with Crippen LogP contribution in [0.5, 0.6) is 5.75 Å². The number of nitrogens with two attached hydrogens (primary N) is 1. The Morgan fingerprint density at radius 1 is 1.03 bits per heavy atom. The minimum Gasteiger partial charge on any atom is -0.495 e. The molecule has 6 rings (SSSR count). The summed E-state index contributed by atoms with van der Waals surface area (Å²) in [5.74, 6) is 1.04. The number of aromatic nitrogens is 7. The molecule has 0 bridgehead atoms. The molecule has 0 aliphatic rings. The van der Waals surface area contributed by atoms with E-state index >= 15 is 0 Å². The molecule has 182 valence electrons. The minimum absolute atomic E-state index is 0.249. The summed E-state index contributed by atoms with van der Waals surface area (Å²) in [5.41, 5.74) is 10.0. The molecule has 0 fully saturated rings. The lowest BCUT2D eigenvalue weighted by Crippen LogP contribution is -2.16. The summed E-state index contributed by atoms with van der Waals surface area (Å²) in [7, 11) is 3.41. The molecule has 37 heavy (non-hydrogen) atoms. The van der Waals surface area contributed by atoms with Crippen LogP contribution in [0, 0.1) is 0 Å². The van der Waals surface area contributed by atoms with Gasteiger partial charge in [0.15, 0.2) is 11.5 Å². The number of anilines is 2. The van der Waals surface area contributed by atoms with Crippen LogP contribution >= 0.6 is 0 Å². The van der Waals surface area contributed by atoms with Crippen LogP contribution in [0.2, 0.25) is 0 Å². The summed E-state index contributed by atoms with van der Waals surface area (Å²) in [6.45, 7) is 0. The average molecular weight is 492 g/mol. The number of hydrogen-bond donors (Lipinski definition) is 2. The van der Waals surface area contributed by atoms with Gasteiger partial charge in [0.25, 0.3) is 5.91 Å². The Balaban J connectivity index is 1.40. The van der Waals surface area contributed by atoms with E-state index in [1.54, 1.807) is 36.2 Å². The molecule has 0 spiro atoms. The Kier molecular flexibility index (Phi) is 5.22. The number of nitrogen functional groups attached to an aromatic ring is 1. The van der Waals surface area contributed by atoms with E-state index in [4.69, 9.17) is 15.6 Å². The molecule has 2 aromatic carbocycles. The van der Waals surface area contributed by atoms with Gasteiger partial charge in [-0.15, -0.1) is 0 Å². The van der Waals surface area contributed by atoms with Crippen molar-refractivity contribution in [3.8, 4) is 22.8 Å². The van der Waals surface area contributed by atoms with E-state index < -0.39 is 0 Å². The van der Waals surface area contributed by atoms with Crippen LogP contribution in [0.3, 0.4) is 0 Å². The van der Waals surface area contributed by atoms with Crippen molar-refractivity contribution in [3.63, 3.8) is 0 Å². The topological polar surface area (TPSA) is 139 Å². The van der Waals surface area contributed by atoms with Crippen molar-refractivity contribution in [1.82, 2.24) is 34.3 Å². The zero-order chi connectivity index (χ0) is 25.5. The summed E-state index contributed by atoms with van der Waals surface area (Å²) in [6, 6.07) is 16.8. The number of hydrogen-bond acceptors (Lipinski definition) is 8. The maximum absolute atomic E-state index is 13.2. The van der Waals surface area contributed by atoms with Crippen molar-refractivity contribution >= 4 is 39.3 Å². The van der Waals surface area contributed by atoms with Crippen molar-refractivity contribution in [2.75, 3.05) is 18.2 Å². The second-order valence-electron chi connectivity index (χ2n) is 8.30. The highest BCUT2D eigenvalue weighted by molar-refractivity contribution is 6.07. The number of ether oxygens (including phenoxy) is 1. The fourth-order valence-corrected chi connectivity index (χ4v) is 4.38. The van der Waals surface area contributed by atoms with Crippen LogP contribution in [0.4, 0.5) is 11.5 Å². The third-order valence-corrected chi connectivity index (χ3v) is 6.18. The van der Waals surface area contributed by atoms with Gasteiger partial charge in [-0.3, -0.25) is 4.79 Å². The summed E-state index contributed by atoms with van der Waals surface area (Å²) in [5, 5.41) is 9.27. The van der Waals surface area contributed by atoms with Gasteiger partial charge < -0.3 is 20.4 Å². The van der Waals surface area contributed by atoms with Crippen molar-refractivity contribution < 1.29 is 9.53 Å². The van der Waals surface area contributed by atoms with Crippen LogP contribution in [0.25, 0.3) is 39.0 Å². The second-order valence-corrected chi connectivity index (χ2v) is 8.30. The molecule has 0 saturated heterocycles. The molecule has 0 saturated carbocycles. The third-order valence-electron chi connectivity index (χ3n) is 6.18. The summed E-state index contributed by atoms with van der Waals surface area (Å²) < 4.78 is 9.08. The molecule has 1 amide bonds. The number of nitrogens with zero attached hydrogens (tertiary/aromatic N) is 7. The zero-order valence-electron chi connectivity index (χ0n) is 20.0. The predicted molar refractivity (Wildman–Crippen MR) is 140 cm³/mol. The van der Waals surface area contributed by atoms with Gasteiger partial charge in [-0.2, -0.15) is 9.78 Å². The number of nitrogens with one attached hydrogen (secondary N) is 1. The number of carbonyl (C=O) groups is 1. The number of methoxy groups -OCH3 is 1. The zero-order valence-corrected chi connectivity index (χ0v) is 20.0. The van der Waals surface area contributed by atoms with Crippen molar-refractivity contribution in [2.24, 2.45) is 7.05 Å². The first-order valence-corrected chi connectivity index (χ1v) is 11.3. The van der Waals surface area contributed by atoms with Gasteiger partial charge in [-0.1, -0.05) is 24.3 Å². The number of para-hydroxylation sites is 1. The van der Waals surface area contributed by atoms with Gasteiger partial charge in [0, 0.05) is 35.8 Å². The van der Waals surface area contributed by atoms with E-state index in [9.17, 15) is 4.79 Å². The van der Waals surface area contributed by atoms with E-state index in [2.05, 4.69) is 25.3 Å². The van der Waals surface area contributed by atoms with Crippen LogP contribution in [0.1, 0.15) is 10.5 Å². The Labute approximate surface area is 210 Å². The highest BCUT2D eigenvalue weighted by Crippen LogP contribution is 2.36. The number of benzene rings is 2.